The first-order valence-electron chi connectivity index (χ1n) is 4.04. The number of imidazole rings is 1. The number of aromatic nitrogens is 2. The Labute approximate surface area is 77.9 Å². The minimum atomic E-state index is 0.517. The minimum Gasteiger partial charge on any atom is -0.370 e. The molecule has 5 heteroatoms. The fourth-order valence-electron chi connectivity index (χ4n) is 1.01. The molecule has 72 valence electrons. The third-order valence-corrected chi connectivity index (χ3v) is 1.92. The summed E-state index contributed by atoms with van der Waals surface area (Å²) < 4.78 is 1.96. The molecule has 1 heterocycles. The van der Waals surface area contributed by atoms with Crippen molar-refractivity contribution >= 4 is 5.96 Å². The Hall–Kier alpha value is -1.52. The number of nitrogens with two attached hydrogens (primary N) is 1. The fourth-order valence-corrected chi connectivity index (χ4v) is 1.01. The van der Waals surface area contributed by atoms with Gasteiger partial charge in [0.05, 0.1) is 6.54 Å². The van der Waals surface area contributed by atoms with E-state index in [-0.39, 0.29) is 0 Å². The first-order chi connectivity index (χ1) is 6.15. The molecule has 1 aromatic rings. The maximum atomic E-state index is 5.62. The van der Waals surface area contributed by atoms with Gasteiger partial charge in [-0.1, -0.05) is 0 Å². The molecule has 1 rings (SSSR count). The number of hydrogen-bond donors (Lipinski definition) is 1. The summed E-state index contributed by atoms with van der Waals surface area (Å²) in [6, 6.07) is 0. The average Bonchev–Trinajstić information content (AvgIpc) is 2.50. The molecule has 0 saturated heterocycles. The summed E-state index contributed by atoms with van der Waals surface area (Å²) in [5.74, 6) is 1.48. The molecule has 0 fully saturated rings. The van der Waals surface area contributed by atoms with Crippen molar-refractivity contribution in [2.45, 2.75) is 6.54 Å². The molecule has 0 aliphatic heterocycles. The normalized spacial score (nSPS) is 11.8. The third-order valence-electron chi connectivity index (χ3n) is 1.92. The van der Waals surface area contributed by atoms with Gasteiger partial charge in [0.15, 0.2) is 5.96 Å². The molecule has 0 saturated carbocycles. The highest BCUT2D eigenvalue weighted by molar-refractivity contribution is 5.77. The van der Waals surface area contributed by atoms with Crippen molar-refractivity contribution < 1.29 is 0 Å². The predicted molar refractivity (Wildman–Crippen MR) is 52.2 cm³/mol. The van der Waals surface area contributed by atoms with Crippen LogP contribution < -0.4 is 5.73 Å². The summed E-state index contributed by atoms with van der Waals surface area (Å²) in [4.78, 5) is 9.91. The van der Waals surface area contributed by atoms with Crippen molar-refractivity contribution in [1.82, 2.24) is 14.5 Å². The van der Waals surface area contributed by atoms with Crippen molar-refractivity contribution in [1.29, 1.82) is 0 Å². The van der Waals surface area contributed by atoms with Gasteiger partial charge in [0.1, 0.15) is 5.82 Å². The maximum absolute atomic E-state index is 5.62. The zero-order valence-electron chi connectivity index (χ0n) is 8.23. The van der Waals surface area contributed by atoms with E-state index in [0.29, 0.717) is 12.5 Å². The SMILES string of the molecule is CN=C(N)N(C)Cc1nccn1C. The Bertz CT molecular complexity index is 301. The maximum Gasteiger partial charge on any atom is 0.191 e. The Morgan fingerprint density at radius 1 is 1.77 bits per heavy atom. The quantitative estimate of drug-likeness (QED) is 0.507. The van der Waals surface area contributed by atoms with E-state index in [1.165, 1.54) is 0 Å². The summed E-state index contributed by atoms with van der Waals surface area (Å²) in [5, 5.41) is 0. The van der Waals surface area contributed by atoms with E-state index < -0.39 is 0 Å². The van der Waals surface area contributed by atoms with Crippen LogP contribution in [0.2, 0.25) is 0 Å². The van der Waals surface area contributed by atoms with E-state index >= 15 is 0 Å². The zero-order valence-corrected chi connectivity index (χ0v) is 8.23. The van der Waals surface area contributed by atoms with E-state index in [2.05, 4.69) is 9.98 Å². The van der Waals surface area contributed by atoms with Crippen LogP contribution in [0.25, 0.3) is 0 Å². The molecule has 0 aromatic carbocycles. The summed E-state index contributed by atoms with van der Waals surface area (Å²) in [6.45, 7) is 0.673. The topological polar surface area (TPSA) is 59.4 Å². The molecule has 5 nitrogen and oxygen atoms in total. The first kappa shape index (κ1) is 9.57. The van der Waals surface area contributed by atoms with Crippen molar-refractivity contribution in [3.8, 4) is 0 Å². The number of rotatable bonds is 2. The number of aliphatic imine (C=N–C) groups is 1. The van der Waals surface area contributed by atoms with E-state index in [4.69, 9.17) is 5.73 Å². The first-order valence-corrected chi connectivity index (χ1v) is 4.04. The lowest BCUT2D eigenvalue weighted by atomic mass is 10.5. The van der Waals surface area contributed by atoms with Crippen LogP contribution in [-0.2, 0) is 13.6 Å². The summed E-state index contributed by atoms with van der Waals surface area (Å²) >= 11 is 0. The molecule has 0 unspecified atom stereocenters. The highest BCUT2D eigenvalue weighted by Gasteiger charge is 2.05. The van der Waals surface area contributed by atoms with Crippen LogP contribution in [0.3, 0.4) is 0 Å². The molecule has 0 amide bonds. The number of nitrogens with zero attached hydrogens (tertiary/aromatic N) is 4. The summed E-state index contributed by atoms with van der Waals surface area (Å²) in [7, 11) is 5.51. The van der Waals surface area contributed by atoms with Crippen molar-refractivity contribution in [3.63, 3.8) is 0 Å². The second-order valence-corrected chi connectivity index (χ2v) is 2.89. The summed E-state index contributed by atoms with van der Waals surface area (Å²) in [5.41, 5.74) is 5.62. The lowest BCUT2D eigenvalue weighted by Gasteiger charge is -2.16. The monoisotopic (exact) mass is 181 g/mol. The second-order valence-electron chi connectivity index (χ2n) is 2.89. The number of aryl methyl sites for hydroxylation is 1. The minimum absolute atomic E-state index is 0.517. The Morgan fingerprint density at radius 2 is 2.46 bits per heavy atom. The smallest absolute Gasteiger partial charge is 0.191 e. The lowest BCUT2D eigenvalue weighted by Crippen LogP contribution is -2.34. The van der Waals surface area contributed by atoms with E-state index in [0.717, 1.165) is 5.82 Å². The molecule has 0 atom stereocenters. The van der Waals surface area contributed by atoms with Gasteiger partial charge in [-0.3, -0.25) is 4.99 Å². The molecule has 0 spiro atoms. The molecule has 0 aliphatic carbocycles. The second kappa shape index (κ2) is 3.93. The standard InChI is InChI=1S/C8H15N5/c1-10-8(9)13(3)6-7-11-4-5-12(7)2/h4-5H,6H2,1-3H3,(H2,9,10). The molecule has 0 aliphatic rings. The third kappa shape index (κ3) is 2.21. The molecule has 0 bridgehead atoms. The largest absolute Gasteiger partial charge is 0.370 e. The van der Waals surface area contributed by atoms with Crippen molar-refractivity contribution in [2.75, 3.05) is 14.1 Å². The van der Waals surface area contributed by atoms with Gasteiger partial charge in [-0.2, -0.15) is 0 Å². The van der Waals surface area contributed by atoms with Gasteiger partial charge < -0.3 is 15.2 Å². The van der Waals surface area contributed by atoms with E-state index in [1.54, 1.807) is 13.2 Å². The number of hydrogen-bond acceptors (Lipinski definition) is 2. The van der Waals surface area contributed by atoms with Gasteiger partial charge >= 0.3 is 0 Å². The highest BCUT2D eigenvalue weighted by atomic mass is 15.2. The zero-order chi connectivity index (χ0) is 9.84. The van der Waals surface area contributed by atoms with Crippen LogP contribution in [0.1, 0.15) is 5.82 Å². The Kier molecular flexibility index (Phi) is 2.89. The molecule has 0 radical (unpaired) electrons. The average molecular weight is 181 g/mol. The van der Waals surface area contributed by atoms with Crippen LogP contribution >= 0.6 is 0 Å². The number of guanidine groups is 1. The van der Waals surface area contributed by atoms with Crippen LogP contribution in [0.5, 0.6) is 0 Å². The van der Waals surface area contributed by atoms with Crippen molar-refractivity contribution in [2.24, 2.45) is 17.8 Å². The van der Waals surface area contributed by atoms with E-state index in [1.807, 2.05) is 29.8 Å². The lowest BCUT2D eigenvalue weighted by molar-refractivity contribution is 0.468. The van der Waals surface area contributed by atoms with Crippen LogP contribution in [-0.4, -0.2) is 34.5 Å². The summed E-state index contributed by atoms with van der Waals surface area (Å²) in [6.07, 6.45) is 3.67. The predicted octanol–water partition coefficient (Wildman–Crippen LogP) is -0.204. The fraction of sp³-hybridized carbons (Fsp3) is 0.500. The highest BCUT2D eigenvalue weighted by Crippen LogP contribution is 1.98. The Morgan fingerprint density at radius 3 is 2.92 bits per heavy atom. The molecule has 13 heavy (non-hydrogen) atoms. The molecular weight excluding hydrogens is 166 g/mol. The van der Waals surface area contributed by atoms with Crippen LogP contribution in [0.15, 0.2) is 17.4 Å². The van der Waals surface area contributed by atoms with Gasteiger partial charge in [-0.05, 0) is 0 Å². The van der Waals surface area contributed by atoms with E-state index in [9.17, 15) is 0 Å². The molecule has 2 N–H and O–H groups in total. The van der Waals surface area contributed by atoms with Crippen molar-refractivity contribution in [3.05, 3.63) is 18.2 Å². The Balaban J connectivity index is 2.65. The van der Waals surface area contributed by atoms with Gasteiger partial charge in [0.25, 0.3) is 0 Å². The van der Waals surface area contributed by atoms with Gasteiger partial charge in [0, 0.05) is 33.5 Å². The van der Waals surface area contributed by atoms with Gasteiger partial charge in [-0.15, -0.1) is 0 Å². The molecular formula is C8H15N5. The van der Waals surface area contributed by atoms with Gasteiger partial charge in [-0.25, -0.2) is 4.98 Å². The molecule has 1 aromatic heterocycles. The van der Waals surface area contributed by atoms with Crippen LogP contribution in [0.4, 0.5) is 0 Å². The van der Waals surface area contributed by atoms with Crippen LogP contribution in [0, 0.1) is 0 Å². The van der Waals surface area contributed by atoms with Gasteiger partial charge in [0.2, 0.25) is 0 Å².